The molecule has 0 amide bonds. The standard InChI is InChI=1S/C32H35N5O3/c1-21-14-27(39)18-29(15-21)40-28-9-7-8-24(17-28)32(36-23(3)37-12-5-4-6-13-37)30(20-38)22(2)35-26-10-11-31(34)25(16-26)19-33/h7-11,14-20,33,35,39H,3-6,12-13,34H2,1-2H3/b30-22+,33-19?,36-32-. The Hall–Kier alpha value is -4.85. The van der Waals surface area contributed by atoms with Crippen molar-refractivity contribution < 1.29 is 14.6 Å². The van der Waals surface area contributed by atoms with E-state index in [1.807, 2.05) is 37.3 Å². The van der Waals surface area contributed by atoms with E-state index in [9.17, 15) is 9.90 Å². The average molecular weight is 538 g/mol. The molecule has 5 N–H and O–H groups in total. The molecule has 1 saturated heterocycles. The predicted octanol–water partition coefficient (Wildman–Crippen LogP) is 6.40. The molecule has 3 aromatic carbocycles. The second-order valence-electron chi connectivity index (χ2n) is 9.83. The van der Waals surface area contributed by atoms with Crippen LogP contribution in [0.25, 0.3) is 0 Å². The molecule has 1 aliphatic rings. The van der Waals surface area contributed by atoms with Crippen LogP contribution in [-0.4, -0.2) is 41.3 Å². The Morgan fingerprint density at radius 2 is 1.88 bits per heavy atom. The minimum atomic E-state index is 0.118. The summed E-state index contributed by atoms with van der Waals surface area (Å²) in [7, 11) is 0. The lowest BCUT2D eigenvalue weighted by atomic mass is 10.0. The number of phenols is 1. The van der Waals surface area contributed by atoms with Gasteiger partial charge >= 0.3 is 0 Å². The molecule has 3 aromatic rings. The third-order valence-corrected chi connectivity index (χ3v) is 6.69. The van der Waals surface area contributed by atoms with Crippen molar-refractivity contribution in [3.63, 3.8) is 0 Å². The third kappa shape index (κ3) is 6.96. The van der Waals surface area contributed by atoms with Crippen molar-refractivity contribution in [1.82, 2.24) is 4.90 Å². The number of aryl methyl sites for hydroxylation is 1. The van der Waals surface area contributed by atoms with E-state index in [0.717, 1.165) is 37.8 Å². The molecule has 40 heavy (non-hydrogen) atoms. The number of hydrogen-bond donors (Lipinski definition) is 4. The molecule has 0 aliphatic carbocycles. The third-order valence-electron chi connectivity index (χ3n) is 6.69. The second kappa shape index (κ2) is 12.8. The number of hydrogen-bond acceptors (Lipinski definition) is 8. The van der Waals surface area contributed by atoms with Crippen LogP contribution in [0.2, 0.25) is 0 Å². The van der Waals surface area contributed by atoms with Gasteiger partial charge < -0.3 is 31.2 Å². The zero-order valence-corrected chi connectivity index (χ0v) is 22.9. The second-order valence-corrected chi connectivity index (χ2v) is 9.83. The maximum Gasteiger partial charge on any atom is 0.153 e. The number of piperidine rings is 1. The zero-order chi connectivity index (χ0) is 28.6. The molecule has 0 atom stereocenters. The number of ether oxygens (including phenoxy) is 1. The number of aliphatic imine (C=N–C) groups is 1. The number of anilines is 2. The van der Waals surface area contributed by atoms with Crippen LogP contribution in [0.15, 0.2) is 89.3 Å². The summed E-state index contributed by atoms with van der Waals surface area (Å²) in [6, 6.07) is 17.6. The molecule has 206 valence electrons. The highest BCUT2D eigenvalue weighted by Gasteiger charge is 2.18. The predicted molar refractivity (Wildman–Crippen MR) is 162 cm³/mol. The fraction of sp³-hybridized carbons (Fsp3) is 0.219. The van der Waals surface area contributed by atoms with E-state index >= 15 is 0 Å². The minimum absolute atomic E-state index is 0.118. The molecule has 0 bridgehead atoms. The normalized spacial score (nSPS) is 14.2. The lowest BCUT2D eigenvalue weighted by Gasteiger charge is -2.28. The number of carbonyl (C=O) groups is 1. The summed E-state index contributed by atoms with van der Waals surface area (Å²) >= 11 is 0. The molecule has 0 saturated carbocycles. The topological polar surface area (TPSA) is 124 Å². The summed E-state index contributed by atoms with van der Waals surface area (Å²) in [5.74, 6) is 1.74. The summed E-state index contributed by atoms with van der Waals surface area (Å²) in [4.78, 5) is 19.6. The van der Waals surface area contributed by atoms with E-state index in [-0.39, 0.29) is 5.75 Å². The van der Waals surface area contributed by atoms with Crippen LogP contribution in [0.4, 0.5) is 11.4 Å². The Kier molecular flexibility index (Phi) is 9.01. The van der Waals surface area contributed by atoms with Gasteiger partial charge in [-0.1, -0.05) is 18.7 Å². The number of phenolic OH excluding ortho intramolecular Hbond substituents is 1. The molecular formula is C32H35N5O3. The largest absolute Gasteiger partial charge is 0.508 e. The first kappa shape index (κ1) is 28.2. The number of aromatic hydroxyl groups is 1. The van der Waals surface area contributed by atoms with E-state index in [2.05, 4.69) is 16.8 Å². The van der Waals surface area contributed by atoms with Crippen molar-refractivity contribution in [2.75, 3.05) is 24.1 Å². The van der Waals surface area contributed by atoms with E-state index in [1.165, 1.54) is 12.6 Å². The van der Waals surface area contributed by atoms with Crippen LogP contribution >= 0.6 is 0 Å². The molecule has 0 radical (unpaired) electrons. The van der Waals surface area contributed by atoms with Gasteiger partial charge in [-0.25, -0.2) is 4.99 Å². The van der Waals surface area contributed by atoms with Crippen molar-refractivity contribution in [3.05, 3.63) is 101 Å². The van der Waals surface area contributed by atoms with Gasteiger partial charge in [-0.15, -0.1) is 0 Å². The number of nitrogens with one attached hydrogen (secondary N) is 2. The van der Waals surface area contributed by atoms with Gasteiger partial charge in [0.2, 0.25) is 0 Å². The van der Waals surface area contributed by atoms with Gasteiger partial charge in [0.25, 0.3) is 0 Å². The molecule has 1 aliphatic heterocycles. The Labute approximate surface area is 235 Å². The Morgan fingerprint density at radius 3 is 2.58 bits per heavy atom. The number of nitrogens with zero attached hydrogens (tertiary/aromatic N) is 2. The summed E-state index contributed by atoms with van der Waals surface area (Å²) in [6.45, 7) is 9.64. The maximum absolute atomic E-state index is 12.6. The van der Waals surface area contributed by atoms with Gasteiger partial charge in [0, 0.05) is 53.6 Å². The van der Waals surface area contributed by atoms with Gasteiger partial charge in [0.15, 0.2) is 6.29 Å². The van der Waals surface area contributed by atoms with Crippen LogP contribution in [0.1, 0.15) is 42.9 Å². The number of aldehydes is 1. The zero-order valence-electron chi connectivity index (χ0n) is 22.9. The van der Waals surface area contributed by atoms with Crippen molar-refractivity contribution in [2.45, 2.75) is 33.1 Å². The first-order valence-corrected chi connectivity index (χ1v) is 13.2. The number of nitrogen functional groups attached to an aromatic ring is 1. The van der Waals surface area contributed by atoms with E-state index in [4.69, 9.17) is 20.9 Å². The van der Waals surface area contributed by atoms with E-state index < -0.39 is 0 Å². The molecule has 8 nitrogen and oxygen atoms in total. The maximum atomic E-state index is 12.6. The lowest BCUT2D eigenvalue weighted by molar-refractivity contribution is -0.104. The average Bonchev–Trinajstić information content (AvgIpc) is 2.94. The van der Waals surface area contributed by atoms with E-state index in [1.54, 1.807) is 37.3 Å². The number of carbonyl (C=O) groups excluding carboxylic acids is 1. The number of nitrogens with two attached hydrogens (primary N) is 1. The molecule has 0 spiro atoms. The molecular weight excluding hydrogens is 502 g/mol. The number of allylic oxidation sites excluding steroid dienone is 2. The molecule has 0 aromatic heterocycles. The SMILES string of the molecule is C=C(/N=C(\C(C=O)=C(/C)Nc1ccc(N)c(C=N)c1)c1cccc(Oc2cc(C)cc(O)c2)c1)N1CCCCC1. The van der Waals surface area contributed by atoms with Crippen LogP contribution in [-0.2, 0) is 4.79 Å². The molecule has 1 fully saturated rings. The smallest absolute Gasteiger partial charge is 0.153 e. The van der Waals surface area contributed by atoms with Crippen molar-refractivity contribution in [3.8, 4) is 17.2 Å². The van der Waals surface area contributed by atoms with Gasteiger partial charge in [0.1, 0.15) is 23.1 Å². The summed E-state index contributed by atoms with van der Waals surface area (Å²) in [5, 5.41) is 20.9. The highest BCUT2D eigenvalue weighted by atomic mass is 16.5. The van der Waals surface area contributed by atoms with Crippen molar-refractivity contribution in [1.29, 1.82) is 5.41 Å². The van der Waals surface area contributed by atoms with Gasteiger partial charge in [-0.3, -0.25) is 4.79 Å². The number of likely N-dealkylation sites (tertiary alicyclic amines) is 1. The summed E-state index contributed by atoms with van der Waals surface area (Å²) in [5.41, 5.74) is 10.6. The molecule has 0 unspecified atom stereocenters. The van der Waals surface area contributed by atoms with Crippen LogP contribution < -0.4 is 15.8 Å². The molecule has 1 heterocycles. The lowest BCUT2D eigenvalue weighted by Crippen LogP contribution is -2.28. The fourth-order valence-corrected chi connectivity index (χ4v) is 4.65. The Balaban J connectivity index is 1.75. The quantitative estimate of drug-likeness (QED) is 0.103. The summed E-state index contributed by atoms with van der Waals surface area (Å²) in [6.07, 6.45) is 5.29. The highest BCUT2D eigenvalue weighted by Crippen LogP contribution is 2.29. The Bertz CT molecular complexity index is 1470. The van der Waals surface area contributed by atoms with Crippen LogP contribution in [0.3, 0.4) is 0 Å². The van der Waals surface area contributed by atoms with Crippen LogP contribution in [0.5, 0.6) is 17.2 Å². The van der Waals surface area contributed by atoms with E-state index in [0.29, 0.717) is 56.8 Å². The first-order chi connectivity index (χ1) is 19.3. The summed E-state index contributed by atoms with van der Waals surface area (Å²) < 4.78 is 6.06. The fourth-order valence-electron chi connectivity index (χ4n) is 4.65. The molecule has 4 rings (SSSR count). The Morgan fingerprint density at radius 1 is 1.10 bits per heavy atom. The van der Waals surface area contributed by atoms with Gasteiger partial charge in [-0.2, -0.15) is 0 Å². The number of rotatable bonds is 10. The first-order valence-electron chi connectivity index (χ1n) is 13.2. The number of benzene rings is 3. The van der Waals surface area contributed by atoms with Crippen molar-refractivity contribution in [2.24, 2.45) is 4.99 Å². The molecule has 8 heteroatoms. The monoisotopic (exact) mass is 537 g/mol. The van der Waals surface area contributed by atoms with Crippen LogP contribution in [0, 0.1) is 12.3 Å². The van der Waals surface area contributed by atoms with Crippen molar-refractivity contribution >= 4 is 29.6 Å². The highest BCUT2D eigenvalue weighted by molar-refractivity contribution is 6.24. The van der Waals surface area contributed by atoms with Gasteiger partial charge in [-0.05, 0) is 81.1 Å². The van der Waals surface area contributed by atoms with Gasteiger partial charge in [0.05, 0.1) is 11.3 Å². The minimum Gasteiger partial charge on any atom is -0.508 e.